The van der Waals surface area contributed by atoms with Gasteiger partial charge in [0.05, 0.1) is 11.0 Å². The average molecular weight is 250 g/mol. The number of halogens is 3. The van der Waals surface area contributed by atoms with Crippen LogP contribution in [0.3, 0.4) is 0 Å². The largest absolute Gasteiger partial charge is 0.338 e. The minimum atomic E-state index is -1.49. The second-order valence-electron chi connectivity index (χ2n) is 3.05. The molecule has 0 aliphatic rings. The number of benzene rings is 1. The Bertz CT molecular complexity index is 470. The summed E-state index contributed by atoms with van der Waals surface area (Å²) in [4.78, 5) is 7.20. The van der Waals surface area contributed by atoms with Crippen molar-refractivity contribution < 1.29 is 0 Å². The SMILES string of the molecule is Cc1cccc2[nH]c(C(Cl)(Cl)Cl)nc12. The Morgan fingerprint density at radius 2 is 2.00 bits per heavy atom. The molecule has 0 amide bonds. The first kappa shape index (κ1) is 10.1. The smallest absolute Gasteiger partial charge is 0.248 e. The van der Waals surface area contributed by atoms with E-state index >= 15 is 0 Å². The number of alkyl halides is 3. The third-order valence-electron chi connectivity index (χ3n) is 1.98. The molecule has 2 aromatic rings. The lowest BCUT2D eigenvalue weighted by molar-refractivity contribution is 1.05. The maximum atomic E-state index is 5.72. The summed E-state index contributed by atoms with van der Waals surface area (Å²) in [5.41, 5.74) is 2.78. The van der Waals surface area contributed by atoms with E-state index in [1.807, 2.05) is 25.1 Å². The van der Waals surface area contributed by atoms with Gasteiger partial charge in [0.2, 0.25) is 3.79 Å². The minimum Gasteiger partial charge on any atom is -0.338 e. The molecule has 0 aliphatic carbocycles. The number of nitrogens with zero attached hydrogens (tertiary/aromatic N) is 1. The monoisotopic (exact) mass is 248 g/mol. The van der Waals surface area contributed by atoms with Crippen LogP contribution in [0.1, 0.15) is 11.4 Å². The van der Waals surface area contributed by atoms with E-state index in [4.69, 9.17) is 34.8 Å². The molecule has 0 saturated heterocycles. The molecule has 0 spiro atoms. The van der Waals surface area contributed by atoms with E-state index in [9.17, 15) is 0 Å². The van der Waals surface area contributed by atoms with Gasteiger partial charge >= 0.3 is 0 Å². The van der Waals surface area contributed by atoms with Gasteiger partial charge in [-0.3, -0.25) is 0 Å². The Hall–Kier alpha value is -0.440. The molecule has 5 heteroatoms. The first-order valence-corrected chi connectivity index (χ1v) is 5.14. The highest BCUT2D eigenvalue weighted by atomic mass is 35.6. The van der Waals surface area contributed by atoms with Crippen LogP contribution in [-0.4, -0.2) is 9.97 Å². The summed E-state index contributed by atoms with van der Waals surface area (Å²) in [7, 11) is 0. The highest BCUT2D eigenvalue weighted by Gasteiger charge is 2.27. The molecule has 0 bridgehead atoms. The number of aromatic nitrogens is 2. The van der Waals surface area contributed by atoms with Crippen molar-refractivity contribution in [2.75, 3.05) is 0 Å². The fourth-order valence-corrected chi connectivity index (χ4v) is 1.58. The van der Waals surface area contributed by atoms with Crippen LogP contribution >= 0.6 is 34.8 Å². The van der Waals surface area contributed by atoms with Crippen molar-refractivity contribution in [2.24, 2.45) is 0 Å². The van der Waals surface area contributed by atoms with Crippen molar-refractivity contribution in [1.82, 2.24) is 9.97 Å². The summed E-state index contributed by atoms with van der Waals surface area (Å²) < 4.78 is -1.49. The van der Waals surface area contributed by atoms with Gasteiger partial charge in [-0.15, -0.1) is 0 Å². The molecule has 0 atom stereocenters. The normalized spacial score (nSPS) is 12.3. The maximum absolute atomic E-state index is 5.72. The summed E-state index contributed by atoms with van der Waals surface area (Å²) in [6.45, 7) is 1.96. The molecular weight excluding hydrogens is 242 g/mol. The molecule has 2 nitrogen and oxygen atoms in total. The summed E-state index contributed by atoms with van der Waals surface area (Å²) in [6, 6.07) is 5.79. The zero-order valence-corrected chi connectivity index (χ0v) is 9.58. The Morgan fingerprint density at radius 3 is 2.57 bits per heavy atom. The van der Waals surface area contributed by atoms with Crippen LogP contribution in [0.15, 0.2) is 18.2 Å². The lowest BCUT2D eigenvalue weighted by Crippen LogP contribution is -2.02. The van der Waals surface area contributed by atoms with E-state index < -0.39 is 3.79 Å². The van der Waals surface area contributed by atoms with Gasteiger partial charge in [0.15, 0.2) is 5.82 Å². The van der Waals surface area contributed by atoms with Crippen LogP contribution in [-0.2, 0) is 3.79 Å². The third-order valence-corrected chi connectivity index (χ3v) is 2.52. The number of nitrogens with one attached hydrogen (secondary N) is 1. The van der Waals surface area contributed by atoms with E-state index in [0.29, 0.717) is 5.82 Å². The molecule has 0 radical (unpaired) electrons. The van der Waals surface area contributed by atoms with Crippen molar-refractivity contribution in [2.45, 2.75) is 10.7 Å². The number of H-pyrrole nitrogens is 1. The average Bonchev–Trinajstić information content (AvgIpc) is 2.48. The van der Waals surface area contributed by atoms with Gasteiger partial charge in [0, 0.05) is 0 Å². The number of imidazole rings is 1. The van der Waals surface area contributed by atoms with Gasteiger partial charge in [0.25, 0.3) is 0 Å². The molecular formula is C9H7Cl3N2. The Balaban J connectivity index is 2.69. The zero-order valence-electron chi connectivity index (χ0n) is 7.31. The van der Waals surface area contributed by atoms with Crippen molar-refractivity contribution in [3.63, 3.8) is 0 Å². The van der Waals surface area contributed by atoms with E-state index in [2.05, 4.69) is 9.97 Å². The minimum absolute atomic E-state index is 0.354. The first-order valence-electron chi connectivity index (χ1n) is 4.01. The summed E-state index contributed by atoms with van der Waals surface area (Å²) in [5.74, 6) is 0.354. The van der Waals surface area contributed by atoms with Crippen molar-refractivity contribution in [3.05, 3.63) is 29.6 Å². The van der Waals surface area contributed by atoms with E-state index in [-0.39, 0.29) is 0 Å². The predicted octanol–water partition coefficient (Wildman–Crippen LogP) is 3.70. The fraction of sp³-hybridized carbons (Fsp3) is 0.222. The van der Waals surface area contributed by atoms with E-state index in [0.717, 1.165) is 16.6 Å². The molecule has 14 heavy (non-hydrogen) atoms. The highest BCUT2D eigenvalue weighted by molar-refractivity contribution is 6.66. The van der Waals surface area contributed by atoms with Crippen LogP contribution in [0.2, 0.25) is 0 Å². The van der Waals surface area contributed by atoms with Gasteiger partial charge < -0.3 is 4.98 Å². The molecule has 1 aromatic carbocycles. The number of rotatable bonds is 0. The van der Waals surface area contributed by atoms with Crippen LogP contribution in [0.4, 0.5) is 0 Å². The zero-order chi connectivity index (χ0) is 10.3. The molecule has 0 fully saturated rings. The molecule has 0 unspecified atom stereocenters. The van der Waals surface area contributed by atoms with Crippen molar-refractivity contribution in [3.8, 4) is 0 Å². The molecule has 1 N–H and O–H groups in total. The Morgan fingerprint density at radius 1 is 1.29 bits per heavy atom. The standard InChI is InChI=1S/C9H7Cl3N2/c1-5-3-2-4-6-7(5)14-8(13-6)9(10,11)12/h2-4H,1H3,(H,13,14). The van der Waals surface area contributed by atoms with Crippen LogP contribution in [0.25, 0.3) is 11.0 Å². The molecule has 1 aromatic heterocycles. The van der Waals surface area contributed by atoms with Crippen molar-refractivity contribution in [1.29, 1.82) is 0 Å². The first-order chi connectivity index (χ1) is 6.48. The summed E-state index contributed by atoms with van der Waals surface area (Å²) >= 11 is 17.2. The van der Waals surface area contributed by atoms with Gasteiger partial charge in [-0.1, -0.05) is 46.9 Å². The quantitative estimate of drug-likeness (QED) is 0.709. The number of para-hydroxylation sites is 1. The Kier molecular flexibility index (Phi) is 2.38. The van der Waals surface area contributed by atoms with Crippen LogP contribution in [0.5, 0.6) is 0 Å². The number of aryl methyl sites for hydroxylation is 1. The van der Waals surface area contributed by atoms with E-state index in [1.54, 1.807) is 0 Å². The Labute approximate surface area is 96.2 Å². The lowest BCUT2D eigenvalue weighted by Gasteiger charge is -2.04. The molecule has 74 valence electrons. The molecule has 0 saturated carbocycles. The number of aromatic amines is 1. The van der Waals surface area contributed by atoms with Gasteiger partial charge in [0.1, 0.15) is 0 Å². The van der Waals surface area contributed by atoms with Gasteiger partial charge in [-0.25, -0.2) is 4.98 Å². The predicted molar refractivity (Wildman–Crippen MR) is 60.1 cm³/mol. The van der Waals surface area contributed by atoms with Crippen molar-refractivity contribution >= 4 is 45.8 Å². The van der Waals surface area contributed by atoms with Gasteiger partial charge in [-0.2, -0.15) is 0 Å². The number of hydrogen-bond donors (Lipinski definition) is 1. The summed E-state index contributed by atoms with van der Waals surface area (Å²) in [6.07, 6.45) is 0. The number of hydrogen-bond acceptors (Lipinski definition) is 1. The summed E-state index contributed by atoms with van der Waals surface area (Å²) in [5, 5.41) is 0. The van der Waals surface area contributed by atoms with E-state index in [1.165, 1.54) is 0 Å². The van der Waals surface area contributed by atoms with Gasteiger partial charge in [-0.05, 0) is 18.6 Å². The second-order valence-corrected chi connectivity index (χ2v) is 5.34. The third kappa shape index (κ3) is 1.70. The lowest BCUT2D eigenvalue weighted by atomic mass is 10.2. The van der Waals surface area contributed by atoms with Crippen LogP contribution < -0.4 is 0 Å². The molecule has 2 rings (SSSR count). The highest BCUT2D eigenvalue weighted by Crippen LogP contribution is 2.37. The second kappa shape index (κ2) is 3.30. The topological polar surface area (TPSA) is 28.7 Å². The maximum Gasteiger partial charge on any atom is 0.248 e. The number of fused-ring (bicyclic) bond motifs is 1. The molecule has 1 heterocycles. The fourth-order valence-electron chi connectivity index (χ4n) is 1.31. The van der Waals surface area contributed by atoms with Crippen LogP contribution in [0, 0.1) is 6.92 Å². The molecule has 0 aliphatic heterocycles.